The van der Waals surface area contributed by atoms with Crippen molar-refractivity contribution in [1.82, 2.24) is 5.32 Å². The van der Waals surface area contributed by atoms with Crippen molar-refractivity contribution in [2.24, 2.45) is 0 Å². The zero-order valence-corrected chi connectivity index (χ0v) is 11.8. The SMILES string of the molecule is Brc1ccc2oc(C3CSCCCN3)cc2c1. The van der Waals surface area contributed by atoms with Gasteiger partial charge in [0.05, 0.1) is 6.04 Å². The van der Waals surface area contributed by atoms with E-state index in [0.29, 0.717) is 6.04 Å². The number of rotatable bonds is 1. The van der Waals surface area contributed by atoms with Crippen LogP contribution >= 0.6 is 27.7 Å². The van der Waals surface area contributed by atoms with Gasteiger partial charge in [0.15, 0.2) is 0 Å². The fourth-order valence-electron chi connectivity index (χ4n) is 2.10. The smallest absolute Gasteiger partial charge is 0.134 e. The van der Waals surface area contributed by atoms with Gasteiger partial charge in [-0.15, -0.1) is 0 Å². The highest BCUT2D eigenvalue weighted by molar-refractivity contribution is 9.10. The Balaban J connectivity index is 1.93. The molecule has 4 heteroatoms. The second-order valence-corrected chi connectivity index (χ2v) is 6.33. The van der Waals surface area contributed by atoms with Gasteiger partial charge in [0.2, 0.25) is 0 Å². The maximum atomic E-state index is 5.92. The molecule has 1 aliphatic rings. The summed E-state index contributed by atoms with van der Waals surface area (Å²) in [5.41, 5.74) is 0.972. The van der Waals surface area contributed by atoms with Crippen LogP contribution in [0.2, 0.25) is 0 Å². The van der Waals surface area contributed by atoms with Gasteiger partial charge >= 0.3 is 0 Å². The van der Waals surface area contributed by atoms with Crippen LogP contribution in [0.3, 0.4) is 0 Å². The van der Waals surface area contributed by atoms with E-state index in [2.05, 4.69) is 33.4 Å². The van der Waals surface area contributed by atoms with E-state index in [1.54, 1.807) is 0 Å². The highest BCUT2D eigenvalue weighted by Gasteiger charge is 2.17. The van der Waals surface area contributed by atoms with Crippen LogP contribution < -0.4 is 5.32 Å². The number of halogens is 1. The molecular weight excluding hydrogens is 298 g/mol. The highest BCUT2D eigenvalue weighted by atomic mass is 79.9. The largest absolute Gasteiger partial charge is 0.459 e. The third-order valence-electron chi connectivity index (χ3n) is 2.98. The molecule has 1 fully saturated rings. The van der Waals surface area contributed by atoms with Gasteiger partial charge in [-0.2, -0.15) is 11.8 Å². The van der Waals surface area contributed by atoms with Crippen molar-refractivity contribution in [3.63, 3.8) is 0 Å². The van der Waals surface area contributed by atoms with Gasteiger partial charge < -0.3 is 9.73 Å². The molecule has 0 amide bonds. The van der Waals surface area contributed by atoms with E-state index in [-0.39, 0.29) is 0 Å². The summed E-state index contributed by atoms with van der Waals surface area (Å²) in [6.07, 6.45) is 1.24. The van der Waals surface area contributed by atoms with Crippen molar-refractivity contribution in [3.05, 3.63) is 34.5 Å². The average molecular weight is 312 g/mol. The van der Waals surface area contributed by atoms with Gasteiger partial charge in [-0.1, -0.05) is 15.9 Å². The van der Waals surface area contributed by atoms with Gasteiger partial charge in [-0.3, -0.25) is 0 Å². The summed E-state index contributed by atoms with van der Waals surface area (Å²) in [4.78, 5) is 0. The van der Waals surface area contributed by atoms with Crippen LogP contribution in [0.15, 0.2) is 33.2 Å². The van der Waals surface area contributed by atoms with Gasteiger partial charge in [-0.25, -0.2) is 0 Å². The third-order valence-corrected chi connectivity index (χ3v) is 4.62. The third kappa shape index (κ3) is 2.54. The van der Waals surface area contributed by atoms with Crippen molar-refractivity contribution in [2.75, 3.05) is 18.1 Å². The van der Waals surface area contributed by atoms with E-state index in [9.17, 15) is 0 Å². The van der Waals surface area contributed by atoms with Crippen molar-refractivity contribution in [3.8, 4) is 0 Å². The van der Waals surface area contributed by atoms with Gasteiger partial charge in [0, 0.05) is 15.6 Å². The van der Waals surface area contributed by atoms with Crippen LogP contribution in [0, 0.1) is 0 Å². The fraction of sp³-hybridized carbons (Fsp3) is 0.385. The normalized spacial score (nSPS) is 21.6. The lowest BCUT2D eigenvalue weighted by Gasteiger charge is -2.11. The lowest BCUT2D eigenvalue weighted by molar-refractivity contribution is 0.460. The Morgan fingerprint density at radius 2 is 2.29 bits per heavy atom. The monoisotopic (exact) mass is 311 g/mol. The molecule has 90 valence electrons. The van der Waals surface area contributed by atoms with Crippen molar-refractivity contribution in [1.29, 1.82) is 0 Å². The first kappa shape index (κ1) is 11.6. The molecule has 0 spiro atoms. The Morgan fingerprint density at radius 3 is 3.24 bits per heavy atom. The summed E-state index contributed by atoms with van der Waals surface area (Å²) in [5.74, 6) is 3.41. The number of furan rings is 1. The standard InChI is InChI=1S/C13H14BrNOS/c14-10-2-3-12-9(6-10)7-13(16-12)11-8-17-5-1-4-15-11/h2-3,6-7,11,15H,1,4-5,8H2. The Morgan fingerprint density at radius 1 is 1.35 bits per heavy atom. The van der Waals surface area contributed by atoms with E-state index in [0.717, 1.165) is 28.1 Å². The minimum absolute atomic E-state index is 0.355. The molecule has 2 nitrogen and oxygen atoms in total. The summed E-state index contributed by atoms with van der Waals surface area (Å²) in [6.45, 7) is 1.08. The lowest BCUT2D eigenvalue weighted by Crippen LogP contribution is -2.21. The summed E-state index contributed by atoms with van der Waals surface area (Å²) in [5, 5.41) is 4.72. The molecule has 1 unspecified atom stereocenters. The molecule has 0 radical (unpaired) electrons. The van der Waals surface area contributed by atoms with Crippen molar-refractivity contribution < 1.29 is 4.42 Å². The number of nitrogens with one attached hydrogen (secondary N) is 1. The molecule has 1 atom stereocenters. The summed E-state index contributed by atoms with van der Waals surface area (Å²) >= 11 is 5.49. The number of thioether (sulfide) groups is 1. The van der Waals surface area contributed by atoms with Gasteiger partial charge in [0.1, 0.15) is 11.3 Å². The Kier molecular flexibility index (Phi) is 3.45. The molecule has 2 heterocycles. The molecule has 0 saturated carbocycles. The van der Waals surface area contributed by atoms with E-state index in [1.807, 2.05) is 23.9 Å². The van der Waals surface area contributed by atoms with Crippen LogP contribution in [0.5, 0.6) is 0 Å². The molecule has 3 rings (SSSR count). The molecule has 0 aliphatic carbocycles. The summed E-state index contributed by atoms with van der Waals surface area (Å²) in [6, 6.07) is 8.65. The predicted octanol–water partition coefficient (Wildman–Crippen LogP) is 3.96. The number of hydrogen-bond acceptors (Lipinski definition) is 3. The van der Waals surface area contributed by atoms with Crippen LogP contribution in [-0.2, 0) is 0 Å². The fourth-order valence-corrected chi connectivity index (χ4v) is 3.51. The number of benzene rings is 1. The molecule has 2 aromatic rings. The minimum Gasteiger partial charge on any atom is -0.459 e. The quantitative estimate of drug-likeness (QED) is 0.863. The van der Waals surface area contributed by atoms with Crippen LogP contribution in [0.4, 0.5) is 0 Å². The number of fused-ring (bicyclic) bond motifs is 1. The van der Waals surface area contributed by atoms with E-state index < -0.39 is 0 Å². The zero-order valence-electron chi connectivity index (χ0n) is 9.41. The Bertz CT molecular complexity index is 517. The molecule has 1 N–H and O–H groups in total. The summed E-state index contributed by atoms with van der Waals surface area (Å²) in [7, 11) is 0. The Labute approximate surface area is 113 Å². The predicted molar refractivity (Wildman–Crippen MR) is 76.6 cm³/mol. The lowest BCUT2D eigenvalue weighted by atomic mass is 10.2. The zero-order chi connectivity index (χ0) is 11.7. The first-order valence-corrected chi connectivity index (χ1v) is 7.78. The number of hydrogen-bond donors (Lipinski definition) is 1. The molecule has 1 aliphatic heterocycles. The first-order chi connectivity index (χ1) is 8.33. The maximum Gasteiger partial charge on any atom is 0.134 e. The van der Waals surface area contributed by atoms with Gasteiger partial charge in [-0.05, 0) is 43.0 Å². The molecule has 1 saturated heterocycles. The van der Waals surface area contributed by atoms with Crippen LogP contribution in [-0.4, -0.2) is 18.1 Å². The van der Waals surface area contributed by atoms with Crippen molar-refractivity contribution >= 4 is 38.7 Å². The molecule has 1 aromatic carbocycles. The highest BCUT2D eigenvalue weighted by Crippen LogP contribution is 2.29. The van der Waals surface area contributed by atoms with E-state index in [4.69, 9.17) is 4.42 Å². The second kappa shape index (κ2) is 5.04. The summed E-state index contributed by atoms with van der Waals surface area (Å²) < 4.78 is 7.02. The van der Waals surface area contributed by atoms with E-state index in [1.165, 1.54) is 17.6 Å². The molecule has 1 aromatic heterocycles. The molecular formula is C13H14BrNOS. The first-order valence-electron chi connectivity index (χ1n) is 5.83. The van der Waals surface area contributed by atoms with Crippen LogP contribution in [0.25, 0.3) is 11.0 Å². The van der Waals surface area contributed by atoms with E-state index >= 15 is 0 Å². The molecule has 0 bridgehead atoms. The maximum absolute atomic E-state index is 5.92. The van der Waals surface area contributed by atoms with Crippen LogP contribution in [0.1, 0.15) is 18.2 Å². The molecule has 17 heavy (non-hydrogen) atoms. The van der Waals surface area contributed by atoms with Crippen molar-refractivity contribution in [2.45, 2.75) is 12.5 Å². The second-order valence-electron chi connectivity index (χ2n) is 4.27. The topological polar surface area (TPSA) is 25.2 Å². The average Bonchev–Trinajstić information content (AvgIpc) is 2.57. The Hall–Kier alpha value is -0.450. The minimum atomic E-state index is 0.355. The van der Waals surface area contributed by atoms with Gasteiger partial charge in [0.25, 0.3) is 0 Å².